The van der Waals surface area contributed by atoms with Crippen molar-refractivity contribution in [2.45, 2.75) is 38.7 Å². The maximum absolute atomic E-state index is 12.9. The lowest BCUT2D eigenvalue weighted by Gasteiger charge is -2.44. The Labute approximate surface area is 196 Å². The van der Waals surface area contributed by atoms with Crippen LogP contribution in [0.25, 0.3) is 6.08 Å². The fourth-order valence-corrected chi connectivity index (χ4v) is 4.94. The predicted molar refractivity (Wildman–Crippen MR) is 125 cm³/mol. The number of amides is 1. The third-order valence-electron chi connectivity index (χ3n) is 6.09. The summed E-state index contributed by atoms with van der Waals surface area (Å²) in [4.78, 5) is 27.4. The number of ketones is 1. The topological polar surface area (TPSA) is 46.6 Å². The quantitative estimate of drug-likeness (QED) is 0.476. The van der Waals surface area contributed by atoms with Crippen molar-refractivity contribution < 1.29 is 14.3 Å². The van der Waals surface area contributed by atoms with Crippen LogP contribution in [0.1, 0.15) is 46.3 Å². The summed E-state index contributed by atoms with van der Waals surface area (Å²) >= 11 is 18.4. The number of rotatable bonds is 2. The molecule has 4 rings (SSSR count). The molecule has 31 heavy (non-hydrogen) atoms. The van der Waals surface area contributed by atoms with E-state index in [1.54, 1.807) is 29.2 Å². The van der Waals surface area contributed by atoms with E-state index in [1.165, 1.54) is 6.08 Å². The zero-order chi connectivity index (χ0) is 22.3. The zero-order valence-corrected chi connectivity index (χ0v) is 19.6. The Morgan fingerprint density at radius 1 is 1.13 bits per heavy atom. The summed E-state index contributed by atoms with van der Waals surface area (Å²) in [6.45, 7) is 4.80. The summed E-state index contributed by atoms with van der Waals surface area (Å²) in [6, 6.07) is 6.99. The zero-order valence-electron chi connectivity index (χ0n) is 17.3. The second-order valence-corrected chi connectivity index (χ2v) is 9.44. The van der Waals surface area contributed by atoms with Crippen molar-refractivity contribution in [1.82, 2.24) is 4.90 Å². The molecule has 0 atom stereocenters. The molecule has 2 aromatic rings. The average molecular weight is 479 g/mol. The van der Waals surface area contributed by atoms with Gasteiger partial charge in [0.05, 0.1) is 12.0 Å². The van der Waals surface area contributed by atoms with E-state index in [1.807, 2.05) is 19.9 Å². The molecule has 1 fully saturated rings. The molecule has 0 unspecified atom stereocenters. The third-order valence-corrected chi connectivity index (χ3v) is 7.23. The number of halogens is 3. The molecule has 2 aliphatic rings. The molecule has 0 N–H and O–H groups in total. The van der Waals surface area contributed by atoms with Crippen LogP contribution in [0.15, 0.2) is 30.3 Å². The van der Waals surface area contributed by atoms with Gasteiger partial charge in [-0.25, -0.2) is 0 Å². The molecule has 0 radical (unpaired) electrons. The molecule has 1 spiro atoms. The molecule has 1 amide bonds. The summed E-state index contributed by atoms with van der Waals surface area (Å²) in [6.07, 6.45) is 4.71. The number of carbonyl (C=O) groups is 2. The standard InChI is InChI=1S/C24H22Cl3NO3/c1-14-11-20-22(15(2)23(14)27)19(29)13-24(31-20)7-9-28(10-8-24)21(30)6-4-16-3-5-17(25)12-18(16)26/h3-6,11-12H,7-10,13H2,1-2H3/b6-4+. The Balaban J connectivity index is 1.45. The molecule has 162 valence electrons. The number of hydrogen-bond donors (Lipinski definition) is 0. The van der Waals surface area contributed by atoms with Crippen LogP contribution in [0.2, 0.25) is 15.1 Å². The molecular formula is C24H22Cl3NO3. The van der Waals surface area contributed by atoms with Gasteiger partial charge in [-0.15, -0.1) is 0 Å². The Morgan fingerprint density at radius 2 is 1.84 bits per heavy atom. The highest BCUT2D eigenvalue weighted by Gasteiger charge is 2.44. The summed E-state index contributed by atoms with van der Waals surface area (Å²) in [5.74, 6) is 0.562. The van der Waals surface area contributed by atoms with Crippen molar-refractivity contribution in [2.24, 2.45) is 0 Å². The number of aryl methyl sites for hydroxylation is 1. The molecule has 4 nitrogen and oxygen atoms in total. The molecule has 0 aromatic heterocycles. The minimum absolute atomic E-state index is 0.0534. The first kappa shape index (κ1) is 22.2. The van der Waals surface area contributed by atoms with Crippen LogP contribution in [0.4, 0.5) is 0 Å². The van der Waals surface area contributed by atoms with Gasteiger partial charge in [0.15, 0.2) is 5.78 Å². The van der Waals surface area contributed by atoms with Crippen molar-refractivity contribution in [1.29, 1.82) is 0 Å². The van der Waals surface area contributed by atoms with Crippen molar-refractivity contribution in [3.63, 3.8) is 0 Å². The van der Waals surface area contributed by atoms with Gasteiger partial charge in [0.2, 0.25) is 5.91 Å². The van der Waals surface area contributed by atoms with Gasteiger partial charge in [-0.3, -0.25) is 9.59 Å². The lowest BCUT2D eigenvalue weighted by atomic mass is 9.81. The van der Waals surface area contributed by atoms with Crippen molar-refractivity contribution >= 4 is 52.6 Å². The number of benzene rings is 2. The maximum atomic E-state index is 12.9. The van der Waals surface area contributed by atoms with Crippen LogP contribution >= 0.6 is 34.8 Å². The monoisotopic (exact) mass is 477 g/mol. The number of ether oxygens (including phenoxy) is 1. The second-order valence-electron chi connectivity index (χ2n) is 8.22. The van der Waals surface area contributed by atoms with Crippen LogP contribution in [-0.2, 0) is 4.79 Å². The Kier molecular flexibility index (Phi) is 6.08. The van der Waals surface area contributed by atoms with Gasteiger partial charge in [0.1, 0.15) is 11.4 Å². The van der Waals surface area contributed by atoms with E-state index < -0.39 is 5.60 Å². The van der Waals surface area contributed by atoms with Crippen molar-refractivity contribution in [2.75, 3.05) is 13.1 Å². The fourth-order valence-electron chi connectivity index (χ4n) is 4.32. The lowest BCUT2D eigenvalue weighted by molar-refractivity contribution is -0.129. The number of carbonyl (C=O) groups excluding carboxylic acids is 2. The molecule has 7 heteroatoms. The first-order valence-electron chi connectivity index (χ1n) is 10.1. The van der Waals surface area contributed by atoms with Gasteiger partial charge in [-0.2, -0.15) is 0 Å². The Bertz CT molecular complexity index is 1100. The normalized spacial score (nSPS) is 17.7. The van der Waals surface area contributed by atoms with Gasteiger partial charge < -0.3 is 9.64 Å². The minimum atomic E-state index is -0.573. The predicted octanol–water partition coefficient (Wildman–Crippen LogP) is 6.30. The molecule has 2 heterocycles. The Morgan fingerprint density at radius 3 is 2.52 bits per heavy atom. The second kappa shape index (κ2) is 8.50. The molecule has 0 saturated carbocycles. The van der Waals surface area contributed by atoms with Crippen LogP contribution < -0.4 is 4.74 Å². The van der Waals surface area contributed by atoms with Gasteiger partial charge in [0, 0.05) is 47.1 Å². The van der Waals surface area contributed by atoms with E-state index >= 15 is 0 Å². The Hall–Kier alpha value is -2.01. The number of Topliss-reactive ketones (excluding diaryl/α,β-unsaturated/α-hetero) is 1. The number of nitrogens with zero attached hydrogens (tertiary/aromatic N) is 1. The van der Waals surface area contributed by atoms with E-state index in [2.05, 4.69) is 0 Å². The van der Waals surface area contributed by atoms with Gasteiger partial charge in [0.25, 0.3) is 0 Å². The number of piperidine rings is 1. The number of hydrogen-bond acceptors (Lipinski definition) is 3. The molecule has 2 aromatic carbocycles. The van der Waals surface area contributed by atoms with E-state index in [-0.39, 0.29) is 11.7 Å². The highest BCUT2D eigenvalue weighted by atomic mass is 35.5. The summed E-state index contributed by atoms with van der Waals surface area (Å²) in [5.41, 5.74) is 2.41. The number of likely N-dealkylation sites (tertiary alicyclic amines) is 1. The van der Waals surface area contributed by atoms with E-state index in [4.69, 9.17) is 39.5 Å². The highest BCUT2D eigenvalue weighted by Crippen LogP contribution is 2.43. The van der Waals surface area contributed by atoms with Crippen LogP contribution in [-0.4, -0.2) is 35.3 Å². The SMILES string of the molecule is Cc1cc2c(c(C)c1Cl)C(=O)CC1(CCN(C(=O)/C=C/c3ccc(Cl)cc3Cl)CC1)O2. The van der Waals surface area contributed by atoms with E-state index in [0.29, 0.717) is 58.7 Å². The highest BCUT2D eigenvalue weighted by molar-refractivity contribution is 6.35. The van der Waals surface area contributed by atoms with Crippen LogP contribution in [0.5, 0.6) is 5.75 Å². The molecular weight excluding hydrogens is 457 g/mol. The smallest absolute Gasteiger partial charge is 0.246 e. The van der Waals surface area contributed by atoms with Gasteiger partial charge >= 0.3 is 0 Å². The van der Waals surface area contributed by atoms with E-state index in [9.17, 15) is 9.59 Å². The van der Waals surface area contributed by atoms with Crippen LogP contribution in [0.3, 0.4) is 0 Å². The first-order chi connectivity index (χ1) is 14.7. The summed E-state index contributed by atoms with van der Waals surface area (Å²) in [7, 11) is 0. The molecule has 1 saturated heterocycles. The third kappa shape index (κ3) is 4.34. The van der Waals surface area contributed by atoms with E-state index in [0.717, 1.165) is 16.7 Å². The first-order valence-corrected chi connectivity index (χ1v) is 11.3. The summed E-state index contributed by atoms with van der Waals surface area (Å²) < 4.78 is 6.37. The largest absolute Gasteiger partial charge is 0.486 e. The number of fused-ring (bicyclic) bond motifs is 1. The van der Waals surface area contributed by atoms with Crippen LogP contribution in [0, 0.1) is 13.8 Å². The molecule has 2 aliphatic heterocycles. The molecule has 0 bridgehead atoms. The molecule has 0 aliphatic carbocycles. The summed E-state index contributed by atoms with van der Waals surface area (Å²) in [5, 5.41) is 1.65. The maximum Gasteiger partial charge on any atom is 0.246 e. The lowest BCUT2D eigenvalue weighted by Crippen LogP contribution is -2.52. The fraction of sp³-hybridized carbons (Fsp3) is 0.333. The van der Waals surface area contributed by atoms with Gasteiger partial charge in [-0.05, 0) is 54.8 Å². The average Bonchev–Trinajstić information content (AvgIpc) is 2.71. The minimum Gasteiger partial charge on any atom is -0.486 e. The van der Waals surface area contributed by atoms with Crippen molar-refractivity contribution in [3.05, 3.63) is 67.7 Å². The van der Waals surface area contributed by atoms with Crippen molar-refractivity contribution in [3.8, 4) is 5.75 Å². The van der Waals surface area contributed by atoms with Gasteiger partial charge in [-0.1, -0.05) is 40.9 Å².